The van der Waals surface area contributed by atoms with Gasteiger partial charge in [-0.25, -0.2) is 4.39 Å². The topological polar surface area (TPSA) is 101 Å². The van der Waals surface area contributed by atoms with Crippen molar-refractivity contribution in [3.63, 3.8) is 0 Å². The van der Waals surface area contributed by atoms with Crippen LogP contribution in [0.25, 0.3) is 10.9 Å². The summed E-state index contributed by atoms with van der Waals surface area (Å²) in [7, 11) is 1.68. The van der Waals surface area contributed by atoms with Crippen LogP contribution < -0.4 is 10.6 Å². The summed E-state index contributed by atoms with van der Waals surface area (Å²) in [5, 5.41) is 17.1. The van der Waals surface area contributed by atoms with Gasteiger partial charge in [0.05, 0.1) is 18.2 Å². The standard InChI is InChI=1S/C27H38FN5O3/c1-15(29-3)26(35)31-24(16(2)34)27(36)32-11-10-23-25(32)21(14-33(23)18-6-4-5-7-18)20-13-30-22-12-17(28)8-9-19(20)22/h8-9,12-13,15-16,18,21,23-25,29-30,34H,4-7,10-11,14H2,1-3H3,(H,31,35)/t15-,16+,21+,23+,24-,25+/m0/s1. The van der Waals surface area contributed by atoms with Crippen LogP contribution in [0.5, 0.6) is 0 Å². The normalized spacial score (nSPS) is 27.4. The van der Waals surface area contributed by atoms with Crippen LogP contribution in [0.1, 0.15) is 57.4 Å². The minimum atomic E-state index is -1.02. The lowest BCUT2D eigenvalue weighted by molar-refractivity contribution is -0.140. The number of likely N-dealkylation sites (tertiary alicyclic amines) is 2. The van der Waals surface area contributed by atoms with Crippen LogP contribution in [-0.2, 0) is 9.59 Å². The van der Waals surface area contributed by atoms with Crippen LogP contribution in [0.3, 0.4) is 0 Å². The number of likely N-dealkylation sites (N-methyl/N-ethyl adjacent to an activating group) is 1. The number of benzene rings is 1. The maximum Gasteiger partial charge on any atom is 0.248 e. The van der Waals surface area contributed by atoms with Crippen LogP contribution >= 0.6 is 0 Å². The van der Waals surface area contributed by atoms with Gasteiger partial charge in [0, 0.05) is 48.2 Å². The molecule has 3 fully saturated rings. The number of nitrogens with zero attached hydrogens (tertiary/aromatic N) is 2. The van der Waals surface area contributed by atoms with Crippen LogP contribution in [0.2, 0.25) is 0 Å². The summed E-state index contributed by atoms with van der Waals surface area (Å²) in [6.45, 7) is 4.70. The third-order valence-electron chi connectivity index (χ3n) is 8.69. The monoisotopic (exact) mass is 499 g/mol. The van der Waals surface area contributed by atoms with Gasteiger partial charge in [-0.2, -0.15) is 0 Å². The molecule has 2 saturated heterocycles. The molecule has 3 heterocycles. The minimum absolute atomic E-state index is 0.0582. The smallest absolute Gasteiger partial charge is 0.248 e. The van der Waals surface area contributed by atoms with E-state index in [0.717, 1.165) is 29.4 Å². The van der Waals surface area contributed by atoms with Crippen LogP contribution in [-0.4, -0.2) is 88.2 Å². The van der Waals surface area contributed by atoms with Crippen molar-refractivity contribution in [1.82, 2.24) is 25.4 Å². The Morgan fingerprint density at radius 1 is 1.19 bits per heavy atom. The van der Waals surface area contributed by atoms with Gasteiger partial charge in [0.1, 0.15) is 11.9 Å². The van der Waals surface area contributed by atoms with Crippen molar-refractivity contribution in [2.24, 2.45) is 0 Å². The predicted octanol–water partition coefficient (Wildman–Crippen LogP) is 2.09. The van der Waals surface area contributed by atoms with Gasteiger partial charge in [0.15, 0.2) is 0 Å². The molecule has 4 N–H and O–H groups in total. The molecule has 6 atom stereocenters. The van der Waals surface area contributed by atoms with Gasteiger partial charge in [-0.05, 0) is 63.9 Å². The number of carbonyl (C=O) groups is 2. The van der Waals surface area contributed by atoms with E-state index in [9.17, 15) is 19.1 Å². The van der Waals surface area contributed by atoms with E-state index >= 15 is 0 Å². The highest BCUT2D eigenvalue weighted by molar-refractivity contribution is 5.91. The maximum atomic E-state index is 13.9. The third kappa shape index (κ3) is 4.41. The fraction of sp³-hybridized carbons (Fsp3) is 0.630. The zero-order valence-electron chi connectivity index (χ0n) is 21.3. The van der Waals surface area contributed by atoms with Crippen molar-refractivity contribution >= 4 is 22.7 Å². The quantitative estimate of drug-likeness (QED) is 0.468. The first-order valence-electron chi connectivity index (χ1n) is 13.3. The number of hydrogen-bond acceptors (Lipinski definition) is 5. The predicted molar refractivity (Wildman–Crippen MR) is 136 cm³/mol. The summed E-state index contributed by atoms with van der Waals surface area (Å²) in [5.41, 5.74) is 1.86. The number of aromatic amines is 1. The molecule has 9 heteroatoms. The van der Waals surface area contributed by atoms with E-state index in [1.165, 1.54) is 37.8 Å². The summed E-state index contributed by atoms with van der Waals surface area (Å²) in [5.74, 6) is -0.778. The molecule has 1 saturated carbocycles. The molecule has 8 nitrogen and oxygen atoms in total. The Kier molecular flexibility index (Phi) is 7.07. The number of carbonyl (C=O) groups excluding carboxylic acids is 2. The lowest BCUT2D eigenvalue weighted by Gasteiger charge is -2.33. The molecule has 0 spiro atoms. The van der Waals surface area contributed by atoms with E-state index in [2.05, 4.69) is 20.5 Å². The Labute approximate surface area is 211 Å². The van der Waals surface area contributed by atoms with Gasteiger partial charge in [-0.15, -0.1) is 0 Å². The molecular weight excluding hydrogens is 461 g/mol. The number of nitrogens with one attached hydrogen (secondary N) is 3. The number of hydrogen-bond donors (Lipinski definition) is 4. The molecule has 1 aliphatic carbocycles. The highest BCUT2D eigenvalue weighted by atomic mass is 19.1. The lowest BCUT2D eigenvalue weighted by atomic mass is 9.91. The Bertz CT molecular complexity index is 1110. The molecule has 2 aliphatic heterocycles. The van der Waals surface area contributed by atoms with Crippen molar-refractivity contribution in [2.75, 3.05) is 20.1 Å². The Morgan fingerprint density at radius 3 is 2.64 bits per heavy atom. The van der Waals surface area contributed by atoms with Crippen molar-refractivity contribution in [2.45, 2.75) is 88.2 Å². The second kappa shape index (κ2) is 10.1. The SMILES string of the molecule is CN[C@@H](C)C(=O)N[C@H](C(=O)N1CC[C@@H]2[C@H]1[C@@H](c1c[nH]c3cc(F)ccc13)CN2C1CCCC1)[C@@H](C)O. The van der Waals surface area contributed by atoms with E-state index in [0.29, 0.717) is 12.6 Å². The molecule has 36 heavy (non-hydrogen) atoms. The van der Waals surface area contributed by atoms with Crippen LogP contribution in [0.4, 0.5) is 4.39 Å². The van der Waals surface area contributed by atoms with E-state index in [1.54, 1.807) is 20.9 Å². The molecule has 0 bridgehead atoms. The van der Waals surface area contributed by atoms with Crippen molar-refractivity contribution in [1.29, 1.82) is 0 Å². The molecule has 1 aromatic heterocycles. The Morgan fingerprint density at radius 2 is 1.94 bits per heavy atom. The van der Waals surface area contributed by atoms with Crippen molar-refractivity contribution in [3.05, 3.63) is 35.8 Å². The second-order valence-electron chi connectivity index (χ2n) is 10.8. The molecule has 196 valence electrons. The Balaban J connectivity index is 1.48. The van der Waals surface area contributed by atoms with Gasteiger partial charge in [0.2, 0.25) is 11.8 Å². The lowest BCUT2D eigenvalue weighted by Crippen LogP contribution is -2.58. The number of H-pyrrole nitrogens is 1. The first-order valence-corrected chi connectivity index (χ1v) is 13.3. The summed E-state index contributed by atoms with van der Waals surface area (Å²) >= 11 is 0. The summed E-state index contributed by atoms with van der Waals surface area (Å²) in [4.78, 5) is 34.2. The number of rotatable bonds is 7. The molecule has 0 radical (unpaired) electrons. The molecule has 1 aromatic carbocycles. The van der Waals surface area contributed by atoms with Crippen LogP contribution in [0.15, 0.2) is 24.4 Å². The zero-order valence-corrected chi connectivity index (χ0v) is 21.3. The van der Waals surface area contributed by atoms with E-state index in [1.807, 2.05) is 17.2 Å². The Hall–Kier alpha value is -2.49. The average molecular weight is 500 g/mol. The largest absolute Gasteiger partial charge is 0.391 e. The number of amides is 2. The minimum Gasteiger partial charge on any atom is -0.391 e. The molecular formula is C27H38FN5O3. The highest BCUT2D eigenvalue weighted by Gasteiger charge is 2.53. The summed E-state index contributed by atoms with van der Waals surface area (Å²) in [6.07, 6.45) is 6.64. The van der Waals surface area contributed by atoms with E-state index in [-0.39, 0.29) is 35.6 Å². The third-order valence-corrected chi connectivity index (χ3v) is 8.69. The highest BCUT2D eigenvalue weighted by Crippen LogP contribution is 2.45. The van der Waals surface area contributed by atoms with Gasteiger partial charge in [-0.1, -0.05) is 12.8 Å². The number of aliphatic hydroxyl groups excluding tert-OH is 1. The molecule has 3 aliphatic rings. The fourth-order valence-electron chi connectivity index (χ4n) is 6.72. The van der Waals surface area contributed by atoms with Gasteiger partial charge >= 0.3 is 0 Å². The zero-order chi connectivity index (χ0) is 25.6. The molecule has 2 aromatic rings. The first kappa shape index (κ1) is 25.2. The molecule has 0 unspecified atom stereocenters. The van der Waals surface area contributed by atoms with Crippen molar-refractivity contribution < 1.29 is 19.1 Å². The van der Waals surface area contributed by atoms with Gasteiger partial charge in [0.25, 0.3) is 0 Å². The number of aromatic nitrogens is 1. The summed E-state index contributed by atoms with van der Waals surface area (Å²) < 4.78 is 13.9. The van der Waals surface area contributed by atoms with E-state index in [4.69, 9.17) is 0 Å². The fourth-order valence-corrected chi connectivity index (χ4v) is 6.72. The summed E-state index contributed by atoms with van der Waals surface area (Å²) in [6, 6.07) is 4.02. The molecule has 5 rings (SSSR count). The molecule has 2 amide bonds. The van der Waals surface area contributed by atoms with Gasteiger partial charge in [-0.3, -0.25) is 14.5 Å². The average Bonchev–Trinajstić information content (AvgIpc) is 3.64. The number of fused-ring (bicyclic) bond motifs is 2. The maximum absolute atomic E-state index is 13.9. The van der Waals surface area contributed by atoms with Crippen LogP contribution in [0, 0.1) is 5.82 Å². The second-order valence-corrected chi connectivity index (χ2v) is 10.8. The van der Waals surface area contributed by atoms with Gasteiger partial charge < -0.3 is 25.6 Å². The van der Waals surface area contributed by atoms with E-state index < -0.39 is 18.2 Å². The number of aliphatic hydroxyl groups is 1. The number of halogens is 1. The first-order chi connectivity index (χ1) is 17.3. The van der Waals surface area contributed by atoms with Crippen molar-refractivity contribution in [3.8, 4) is 0 Å².